The maximum atomic E-state index is 7.84. The first-order valence-corrected chi connectivity index (χ1v) is 9.55. The van der Waals surface area contributed by atoms with Crippen molar-refractivity contribution in [1.29, 1.82) is 5.41 Å². The molecule has 0 radical (unpaired) electrons. The monoisotopic (exact) mass is 384 g/mol. The van der Waals surface area contributed by atoms with Crippen molar-refractivity contribution in [2.45, 2.75) is 0 Å². The van der Waals surface area contributed by atoms with E-state index in [0.717, 1.165) is 43.4 Å². The molecule has 0 bridgehead atoms. The maximum Gasteiger partial charge on any atom is 0.0546 e. The highest BCUT2D eigenvalue weighted by Crippen LogP contribution is 2.25. The Kier molecular flexibility index (Phi) is 4.89. The minimum atomic E-state index is 0.526. The molecule has 0 heterocycles. The van der Waals surface area contributed by atoms with E-state index in [9.17, 15) is 0 Å². The van der Waals surface area contributed by atoms with Crippen molar-refractivity contribution in [1.82, 2.24) is 0 Å². The molecule has 0 atom stereocenters. The van der Waals surface area contributed by atoms with Crippen LogP contribution in [0.1, 0.15) is 16.7 Å². The molecule has 28 heavy (non-hydrogen) atoms. The molecule has 138 valence electrons. The molecule has 3 aromatic rings. The van der Waals surface area contributed by atoms with Crippen LogP contribution in [0.4, 0.5) is 5.69 Å². The predicted molar refractivity (Wildman–Crippen MR) is 121 cm³/mol. The molecule has 0 spiro atoms. The molecule has 4 rings (SSSR count). The van der Waals surface area contributed by atoms with Gasteiger partial charge >= 0.3 is 0 Å². The van der Waals surface area contributed by atoms with Gasteiger partial charge in [0.15, 0.2) is 0 Å². The van der Waals surface area contributed by atoms with Crippen LogP contribution in [0.3, 0.4) is 0 Å². The van der Waals surface area contributed by atoms with E-state index in [1.54, 1.807) is 0 Å². The topological polar surface area (TPSA) is 27.1 Å². The molecular formula is C25H21ClN2. The highest BCUT2D eigenvalue weighted by atomic mass is 35.5. The van der Waals surface area contributed by atoms with Crippen LogP contribution in [0.25, 0.3) is 17.7 Å². The highest BCUT2D eigenvalue weighted by molar-refractivity contribution is 6.30. The Hall–Kier alpha value is -3.10. The zero-order valence-electron chi connectivity index (χ0n) is 15.9. The quantitative estimate of drug-likeness (QED) is 0.708. The van der Waals surface area contributed by atoms with Crippen LogP contribution in [0.15, 0.2) is 72.8 Å². The van der Waals surface area contributed by atoms with Crippen molar-refractivity contribution in [2.75, 3.05) is 19.0 Å². The van der Waals surface area contributed by atoms with Gasteiger partial charge in [0.25, 0.3) is 0 Å². The maximum absolute atomic E-state index is 7.84. The molecule has 1 aliphatic carbocycles. The molecule has 0 aromatic heterocycles. The third kappa shape index (κ3) is 3.64. The second-order valence-corrected chi connectivity index (χ2v) is 7.54. The zero-order valence-corrected chi connectivity index (χ0v) is 16.7. The number of benzene rings is 3. The lowest BCUT2D eigenvalue weighted by atomic mass is 9.93. The van der Waals surface area contributed by atoms with Gasteiger partial charge in [-0.05, 0) is 75.2 Å². The summed E-state index contributed by atoms with van der Waals surface area (Å²) in [5.41, 5.74) is 6.18. The number of anilines is 1. The van der Waals surface area contributed by atoms with E-state index in [0.29, 0.717) is 5.71 Å². The Balaban J connectivity index is 1.99. The lowest BCUT2D eigenvalue weighted by molar-refractivity contribution is 1.13. The van der Waals surface area contributed by atoms with E-state index in [-0.39, 0.29) is 0 Å². The van der Waals surface area contributed by atoms with Crippen molar-refractivity contribution < 1.29 is 0 Å². The largest absolute Gasteiger partial charge is 0.378 e. The van der Waals surface area contributed by atoms with Gasteiger partial charge in [0, 0.05) is 24.8 Å². The van der Waals surface area contributed by atoms with Gasteiger partial charge in [-0.3, -0.25) is 0 Å². The summed E-state index contributed by atoms with van der Waals surface area (Å²) in [5.74, 6) is 0. The first-order valence-electron chi connectivity index (χ1n) is 9.18. The summed E-state index contributed by atoms with van der Waals surface area (Å²) in [7, 11) is 4.08. The molecule has 1 aliphatic rings. The van der Waals surface area contributed by atoms with Crippen LogP contribution in [0, 0.1) is 5.41 Å². The van der Waals surface area contributed by atoms with E-state index in [2.05, 4.69) is 53.4 Å². The van der Waals surface area contributed by atoms with Gasteiger partial charge in [0.05, 0.1) is 5.71 Å². The van der Waals surface area contributed by atoms with E-state index in [1.807, 2.05) is 50.5 Å². The minimum absolute atomic E-state index is 0.526. The third-order valence-corrected chi connectivity index (χ3v) is 5.15. The van der Waals surface area contributed by atoms with Crippen molar-refractivity contribution in [3.8, 4) is 0 Å². The van der Waals surface area contributed by atoms with Crippen molar-refractivity contribution >= 4 is 40.7 Å². The standard InChI is InChI=1S/C25H21ClN2/c1-28(2)24-12-9-17(10-13-24)25(20-4-3-5-22(26)15-20)21-7-6-19-16-23(27)11-8-18(19)14-21/h3-16,27H,1-2H3/b25-21+,27-23?. The van der Waals surface area contributed by atoms with Gasteiger partial charge in [-0.1, -0.05) is 54.1 Å². The number of fused-ring (bicyclic) bond motifs is 1. The number of hydrogen-bond donors (Lipinski definition) is 1. The molecule has 0 fully saturated rings. The molecule has 1 N–H and O–H groups in total. The number of nitrogens with one attached hydrogen (secondary N) is 1. The average molecular weight is 385 g/mol. The Morgan fingerprint density at radius 3 is 2.36 bits per heavy atom. The van der Waals surface area contributed by atoms with E-state index in [1.165, 1.54) is 0 Å². The van der Waals surface area contributed by atoms with Gasteiger partial charge in [0.1, 0.15) is 0 Å². The fourth-order valence-corrected chi connectivity index (χ4v) is 3.66. The first-order chi connectivity index (χ1) is 13.5. The number of rotatable bonds is 3. The molecule has 0 saturated heterocycles. The van der Waals surface area contributed by atoms with Crippen LogP contribution >= 0.6 is 11.6 Å². The van der Waals surface area contributed by atoms with Gasteiger partial charge in [-0.25, -0.2) is 0 Å². The summed E-state index contributed by atoms with van der Waals surface area (Å²) in [5, 5.41) is 10.8. The van der Waals surface area contributed by atoms with Crippen LogP contribution in [-0.2, 0) is 0 Å². The number of hydrogen-bond acceptors (Lipinski definition) is 2. The van der Waals surface area contributed by atoms with E-state index < -0.39 is 0 Å². The molecule has 3 aromatic carbocycles. The molecule has 0 amide bonds. The van der Waals surface area contributed by atoms with Gasteiger partial charge in [-0.15, -0.1) is 0 Å². The minimum Gasteiger partial charge on any atom is -0.378 e. The predicted octanol–water partition coefficient (Wildman–Crippen LogP) is 4.48. The Morgan fingerprint density at radius 2 is 1.64 bits per heavy atom. The summed E-state index contributed by atoms with van der Waals surface area (Å²) in [6.07, 6.45) is 5.73. The third-order valence-electron chi connectivity index (χ3n) is 4.91. The Bertz CT molecular complexity index is 1200. The molecule has 0 aliphatic heterocycles. The normalized spacial score (nSPS) is 13.6. The van der Waals surface area contributed by atoms with E-state index in [4.69, 9.17) is 17.0 Å². The lowest BCUT2D eigenvalue weighted by Crippen LogP contribution is -2.18. The molecule has 0 unspecified atom stereocenters. The Labute approximate surface area is 170 Å². The fraction of sp³-hybridized carbons (Fsp3) is 0.0800. The zero-order chi connectivity index (χ0) is 19.7. The molecular weight excluding hydrogens is 364 g/mol. The van der Waals surface area contributed by atoms with Crippen LogP contribution in [0.2, 0.25) is 5.02 Å². The smallest absolute Gasteiger partial charge is 0.0546 e. The highest BCUT2D eigenvalue weighted by Gasteiger charge is 2.09. The van der Waals surface area contributed by atoms with Crippen LogP contribution in [-0.4, -0.2) is 19.8 Å². The summed E-state index contributed by atoms with van der Waals surface area (Å²) in [6.45, 7) is 0. The summed E-state index contributed by atoms with van der Waals surface area (Å²) in [6, 6.07) is 23.0. The number of allylic oxidation sites excluding steroid dienone is 1. The fourth-order valence-electron chi connectivity index (χ4n) is 3.47. The lowest BCUT2D eigenvalue weighted by Gasteiger charge is -2.15. The second-order valence-electron chi connectivity index (χ2n) is 7.10. The van der Waals surface area contributed by atoms with Gasteiger partial charge in [-0.2, -0.15) is 0 Å². The molecule has 2 nitrogen and oxygen atoms in total. The average Bonchev–Trinajstić information content (AvgIpc) is 2.69. The second kappa shape index (κ2) is 7.49. The Morgan fingerprint density at radius 1 is 0.857 bits per heavy atom. The summed E-state index contributed by atoms with van der Waals surface area (Å²) >= 11 is 6.30. The van der Waals surface area contributed by atoms with E-state index >= 15 is 0 Å². The van der Waals surface area contributed by atoms with Crippen molar-refractivity contribution in [3.05, 3.63) is 105 Å². The van der Waals surface area contributed by atoms with Crippen molar-refractivity contribution in [3.63, 3.8) is 0 Å². The van der Waals surface area contributed by atoms with Crippen LogP contribution in [0.5, 0.6) is 0 Å². The van der Waals surface area contributed by atoms with Gasteiger partial charge in [0.2, 0.25) is 0 Å². The first kappa shape index (κ1) is 18.3. The van der Waals surface area contributed by atoms with Crippen LogP contribution < -0.4 is 15.3 Å². The van der Waals surface area contributed by atoms with Gasteiger partial charge < -0.3 is 10.3 Å². The number of nitrogens with zero attached hydrogens (tertiary/aromatic N) is 1. The van der Waals surface area contributed by atoms with Crippen molar-refractivity contribution in [2.24, 2.45) is 0 Å². The molecule has 0 saturated carbocycles. The molecule has 3 heteroatoms. The number of halogens is 1. The summed E-state index contributed by atoms with van der Waals surface area (Å²) in [4.78, 5) is 2.09. The SMILES string of the molecule is CN(C)c1ccc(/C(c2cccc(Cl)c2)=c2/ccc3c(c2)C=CC(=N)C=3)cc1. The summed E-state index contributed by atoms with van der Waals surface area (Å²) < 4.78 is 0.